The predicted molar refractivity (Wildman–Crippen MR) is 153 cm³/mol. The molecule has 0 saturated carbocycles. The standard InChI is InChI=1S/C28H26Cl4N4O2/c29-19-11-25(31)23(27(37)13-19)17-35(15-21-5-1-3-7-33-21)9-10-36(16-22-6-2-4-8-34-22)18-24-26(32)12-20(30)14-28(24)38/h1-8,11-14,37-38H,9-10,15-18H2. The summed E-state index contributed by atoms with van der Waals surface area (Å²) in [6.07, 6.45) is 3.50. The van der Waals surface area contributed by atoms with Crippen LogP contribution in [0.3, 0.4) is 0 Å². The third kappa shape index (κ3) is 7.96. The molecule has 0 amide bonds. The number of phenolic OH excluding ortho intramolecular Hbond substituents is 2. The molecule has 0 aliphatic carbocycles. The Balaban J connectivity index is 1.58. The van der Waals surface area contributed by atoms with Crippen LogP contribution in [0.5, 0.6) is 11.5 Å². The van der Waals surface area contributed by atoms with Gasteiger partial charge in [0.2, 0.25) is 0 Å². The average Bonchev–Trinajstić information content (AvgIpc) is 2.87. The minimum Gasteiger partial charge on any atom is -0.508 e. The average molecular weight is 592 g/mol. The van der Waals surface area contributed by atoms with Gasteiger partial charge in [0.25, 0.3) is 0 Å². The molecular weight excluding hydrogens is 566 g/mol. The number of hydrogen-bond donors (Lipinski definition) is 2. The summed E-state index contributed by atoms with van der Waals surface area (Å²) in [6.45, 7) is 3.00. The molecule has 38 heavy (non-hydrogen) atoms. The Kier molecular flexibility index (Phi) is 10.1. The van der Waals surface area contributed by atoms with Gasteiger partial charge in [-0.05, 0) is 48.5 Å². The normalized spacial score (nSPS) is 11.4. The Morgan fingerprint density at radius 3 is 1.34 bits per heavy atom. The summed E-state index contributed by atoms with van der Waals surface area (Å²) in [4.78, 5) is 13.2. The zero-order chi connectivity index (χ0) is 27.1. The summed E-state index contributed by atoms with van der Waals surface area (Å²) in [7, 11) is 0. The lowest BCUT2D eigenvalue weighted by Crippen LogP contribution is -2.34. The second-order valence-corrected chi connectivity index (χ2v) is 10.5. The maximum absolute atomic E-state index is 10.6. The molecule has 4 aromatic rings. The Morgan fingerprint density at radius 2 is 1.00 bits per heavy atom. The summed E-state index contributed by atoms with van der Waals surface area (Å²) in [6, 6.07) is 17.7. The first-order valence-corrected chi connectivity index (χ1v) is 13.4. The highest BCUT2D eigenvalue weighted by atomic mass is 35.5. The van der Waals surface area contributed by atoms with Gasteiger partial charge in [0.1, 0.15) is 11.5 Å². The highest BCUT2D eigenvalue weighted by molar-refractivity contribution is 6.35. The summed E-state index contributed by atoms with van der Waals surface area (Å²) in [5.41, 5.74) is 2.93. The number of aromatic nitrogens is 2. The van der Waals surface area contributed by atoms with E-state index >= 15 is 0 Å². The van der Waals surface area contributed by atoms with E-state index in [1.54, 1.807) is 24.5 Å². The molecule has 0 radical (unpaired) electrons. The summed E-state index contributed by atoms with van der Waals surface area (Å²) in [5, 5.41) is 22.6. The van der Waals surface area contributed by atoms with Gasteiger partial charge in [-0.25, -0.2) is 0 Å². The molecule has 198 valence electrons. The lowest BCUT2D eigenvalue weighted by Gasteiger charge is -2.28. The van der Waals surface area contributed by atoms with Crippen LogP contribution in [0.25, 0.3) is 0 Å². The van der Waals surface area contributed by atoms with E-state index < -0.39 is 0 Å². The number of hydrogen-bond acceptors (Lipinski definition) is 6. The second kappa shape index (κ2) is 13.5. The minimum atomic E-state index is 0.0386. The van der Waals surface area contributed by atoms with Crippen LogP contribution in [0.1, 0.15) is 22.5 Å². The first-order valence-electron chi connectivity index (χ1n) is 11.9. The van der Waals surface area contributed by atoms with E-state index in [1.807, 2.05) is 36.4 Å². The van der Waals surface area contributed by atoms with Crippen molar-refractivity contribution in [2.75, 3.05) is 13.1 Å². The van der Waals surface area contributed by atoms with Crippen LogP contribution in [0.15, 0.2) is 73.1 Å². The molecule has 2 aromatic carbocycles. The fourth-order valence-corrected chi connectivity index (χ4v) is 5.18. The Hall–Kier alpha value is -2.58. The topological polar surface area (TPSA) is 72.7 Å². The van der Waals surface area contributed by atoms with Crippen LogP contribution in [0.2, 0.25) is 20.1 Å². The van der Waals surface area contributed by atoms with Crippen LogP contribution in [0.4, 0.5) is 0 Å². The fraction of sp³-hybridized carbons (Fsp3) is 0.214. The molecule has 0 unspecified atom stereocenters. The van der Waals surface area contributed by atoms with Gasteiger partial charge < -0.3 is 10.2 Å². The monoisotopic (exact) mass is 590 g/mol. The number of phenols is 2. The van der Waals surface area contributed by atoms with Gasteiger partial charge in [0.05, 0.1) is 21.4 Å². The van der Waals surface area contributed by atoms with Crippen LogP contribution in [0, 0.1) is 0 Å². The van der Waals surface area contributed by atoms with Crippen molar-refractivity contribution >= 4 is 46.4 Å². The molecule has 2 N–H and O–H groups in total. The van der Waals surface area contributed by atoms with Gasteiger partial charge in [-0.2, -0.15) is 0 Å². The zero-order valence-electron chi connectivity index (χ0n) is 20.4. The molecular formula is C28H26Cl4N4O2. The number of benzene rings is 2. The van der Waals surface area contributed by atoms with Crippen molar-refractivity contribution in [3.8, 4) is 11.5 Å². The molecule has 10 heteroatoms. The van der Waals surface area contributed by atoms with Crippen molar-refractivity contribution in [2.45, 2.75) is 26.2 Å². The van der Waals surface area contributed by atoms with E-state index in [-0.39, 0.29) is 11.5 Å². The molecule has 0 saturated heterocycles. The van der Waals surface area contributed by atoms with Gasteiger partial charge in [-0.3, -0.25) is 19.8 Å². The van der Waals surface area contributed by atoms with E-state index in [9.17, 15) is 10.2 Å². The number of aromatic hydroxyl groups is 2. The molecule has 0 bridgehead atoms. The first-order chi connectivity index (χ1) is 18.3. The predicted octanol–water partition coefficient (Wildman–Crippen LogP) is 7.21. The molecule has 0 spiro atoms. The Bertz CT molecular complexity index is 1210. The lowest BCUT2D eigenvalue weighted by atomic mass is 10.1. The van der Waals surface area contributed by atoms with Gasteiger partial charge >= 0.3 is 0 Å². The van der Waals surface area contributed by atoms with Gasteiger partial charge in [-0.15, -0.1) is 0 Å². The van der Waals surface area contributed by atoms with E-state index in [0.29, 0.717) is 70.5 Å². The maximum Gasteiger partial charge on any atom is 0.123 e. The fourth-order valence-electron chi connectivity index (χ4n) is 4.09. The third-order valence-corrected chi connectivity index (χ3v) is 7.10. The second-order valence-electron chi connectivity index (χ2n) is 8.83. The highest BCUT2D eigenvalue weighted by Crippen LogP contribution is 2.33. The molecule has 2 aromatic heterocycles. The van der Waals surface area contributed by atoms with Crippen molar-refractivity contribution in [1.82, 2.24) is 19.8 Å². The van der Waals surface area contributed by atoms with Crippen molar-refractivity contribution < 1.29 is 10.2 Å². The minimum absolute atomic E-state index is 0.0386. The van der Waals surface area contributed by atoms with E-state index in [1.165, 1.54) is 12.1 Å². The lowest BCUT2D eigenvalue weighted by molar-refractivity contribution is 0.178. The maximum atomic E-state index is 10.6. The summed E-state index contributed by atoms with van der Waals surface area (Å²) < 4.78 is 0. The summed E-state index contributed by atoms with van der Waals surface area (Å²) in [5.74, 6) is 0.0773. The number of pyridine rings is 2. The van der Waals surface area contributed by atoms with Crippen molar-refractivity contribution in [3.05, 3.63) is 116 Å². The Labute approximate surface area is 242 Å². The van der Waals surface area contributed by atoms with Gasteiger partial charge in [-0.1, -0.05) is 58.5 Å². The van der Waals surface area contributed by atoms with Gasteiger partial charge in [0.15, 0.2) is 0 Å². The summed E-state index contributed by atoms with van der Waals surface area (Å²) >= 11 is 25.0. The number of halogens is 4. The van der Waals surface area contributed by atoms with Crippen molar-refractivity contribution in [3.63, 3.8) is 0 Å². The van der Waals surface area contributed by atoms with Crippen LogP contribution >= 0.6 is 46.4 Å². The highest BCUT2D eigenvalue weighted by Gasteiger charge is 2.19. The smallest absolute Gasteiger partial charge is 0.123 e. The van der Waals surface area contributed by atoms with Crippen LogP contribution in [-0.4, -0.2) is 43.1 Å². The SMILES string of the molecule is Oc1cc(Cl)cc(Cl)c1CN(CCN(Cc1ccccn1)Cc1c(O)cc(Cl)cc1Cl)Cc1ccccn1. The van der Waals surface area contributed by atoms with E-state index in [4.69, 9.17) is 46.4 Å². The Morgan fingerprint density at radius 1 is 0.579 bits per heavy atom. The van der Waals surface area contributed by atoms with E-state index in [2.05, 4.69) is 19.8 Å². The molecule has 6 nitrogen and oxygen atoms in total. The number of nitrogens with zero attached hydrogens (tertiary/aromatic N) is 4. The molecule has 0 aliphatic rings. The molecule has 4 rings (SSSR count). The van der Waals surface area contributed by atoms with E-state index in [0.717, 1.165) is 11.4 Å². The number of rotatable bonds is 11. The van der Waals surface area contributed by atoms with Gasteiger partial charge in [0, 0.05) is 72.8 Å². The largest absolute Gasteiger partial charge is 0.508 e. The van der Waals surface area contributed by atoms with Crippen LogP contribution in [-0.2, 0) is 26.2 Å². The molecule has 0 aliphatic heterocycles. The van der Waals surface area contributed by atoms with Crippen molar-refractivity contribution in [1.29, 1.82) is 0 Å². The van der Waals surface area contributed by atoms with Crippen LogP contribution < -0.4 is 0 Å². The van der Waals surface area contributed by atoms with Crippen molar-refractivity contribution in [2.24, 2.45) is 0 Å². The quantitative estimate of drug-likeness (QED) is 0.192. The molecule has 2 heterocycles. The zero-order valence-corrected chi connectivity index (χ0v) is 23.4. The molecule has 0 atom stereocenters. The third-order valence-electron chi connectivity index (χ3n) is 5.99. The molecule has 0 fully saturated rings. The first kappa shape index (κ1) is 28.4.